The van der Waals surface area contributed by atoms with Crippen molar-refractivity contribution in [3.8, 4) is 17.2 Å². The van der Waals surface area contributed by atoms with E-state index >= 15 is 0 Å². The number of nitrogens with one attached hydrogen (secondary N) is 1. The minimum Gasteiger partial charge on any atom is -0.473 e. The van der Waals surface area contributed by atoms with E-state index in [1.165, 1.54) is 10.8 Å². The molecule has 2 aromatic carbocycles. The third kappa shape index (κ3) is 4.17. The molecule has 0 saturated carbocycles. The summed E-state index contributed by atoms with van der Waals surface area (Å²) in [4.78, 5) is 16.2. The van der Waals surface area contributed by atoms with E-state index < -0.39 is 30.4 Å². The molecule has 1 aromatic heterocycles. The third-order valence-electron chi connectivity index (χ3n) is 5.81. The molecule has 7 N–H and O–H groups in total. The molecule has 0 spiro atoms. The molecule has 11 nitrogen and oxygen atoms in total. The van der Waals surface area contributed by atoms with Crippen molar-refractivity contribution in [2.45, 2.75) is 37.5 Å². The van der Waals surface area contributed by atoms with Gasteiger partial charge < -0.3 is 35.5 Å². The van der Waals surface area contributed by atoms with Crippen molar-refractivity contribution in [1.82, 2.24) is 9.55 Å². The van der Waals surface area contributed by atoms with Crippen LogP contribution in [0.3, 0.4) is 0 Å². The van der Waals surface area contributed by atoms with Gasteiger partial charge in [0.1, 0.15) is 29.6 Å². The lowest BCUT2D eigenvalue weighted by Gasteiger charge is -2.25. The first-order valence-electron chi connectivity index (χ1n) is 10.8. The van der Waals surface area contributed by atoms with Crippen LogP contribution in [0.2, 0.25) is 0 Å². The van der Waals surface area contributed by atoms with Gasteiger partial charge in [-0.2, -0.15) is 4.98 Å². The summed E-state index contributed by atoms with van der Waals surface area (Å²) in [6, 6.07) is 12.9. The largest absolute Gasteiger partial charge is 0.473 e. The molecule has 0 aliphatic carbocycles. The number of nitrogens with zero attached hydrogens (tertiary/aromatic N) is 2. The molecule has 2 aliphatic heterocycles. The zero-order chi connectivity index (χ0) is 23.8. The van der Waals surface area contributed by atoms with Crippen molar-refractivity contribution < 1.29 is 24.4 Å². The molecule has 4 atom stereocenters. The summed E-state index contributed by atoms with van der Waals surface area (Å²) in [5.41, 5.74) is 13.6. The van der Waals surface area contributed by atoms with E-state index in [2.05, 4.69) is 10.3 Å². The highest BCUT2D eigenvalue weighted by atomic mass is 16.5. The molecule has 5 rings (SSSR count). The van der Waals surface area contributed by atoms with Gasteiger partial charge in [0.15, 0.2) is 17.7 Å². The number of rotatable bonds is 6. The van der Waals surface area contributed by atoms with Gasteiger partial charge in [-0.3, -0.25) is 10.3 Å². The number of para-hydroxylation sites is 3. The number of aromatic nitrogens is 2. The molecular weight excluding hydrogens is 442 g/mol. The molecule has 178 valence electrons. The fraction of sp³-hybridized carbons (Fsp3) is 0.304. The summed E-state index contributed by atoms with van der Waals surface area (Å²) in [6.07, 6.45) is -1.46. The quantitative estimate of drug-likeness (QED) is 0.260. The number of hydrogen-bond donors (Lipinski definition) is 5. The molecular formula is C23H25N5O6. The molecule has 11 heteroatoms. The second-order valence-electron chi connectivity index (χ2n) is 8.17. The van der Waals surface area contributed by atoms with E-state index in [1.54, 1.807) is 12.1 Å². The van der Waals surface area contributed by atoms with Crippen LogP contribution < -0.4 is 31.9 Å². The highest BCUT2D eigenvalue weighted by molar-refractivity contribution is 5.79. The summed E-state index contributed by atoms with van der Waals surface area (Å²) >= 11 is 0. The number of aliphatic hydroxyl groups excluding tert-OH is 2. The van der Waals surface area contributed by atoms with E-state index in [4.69, 9.17) is 25.7 Å². The highest BCUT2D eigenvalue weighted by Crippen LogP contribution is 2.46. The Hall–Kier alpha value is -3.64. The Morgan fingerprint density at radius 1 is 1.24 bits per heavy atom. The van der Waals surface area contributed by atoms with Gasteiger partial charge in [0.05, 0.1) is 18.4 Å². The fourth-order valence-electron chi connectivity index (χ4n) is 4.09. The van der Waals surface area contributed by atoms with Crippen LogP contribution in [-0.2, 0) is 11.2 Å². The van der Waals surface area contributed by atoms with Gasteiger partial charge in [0.2, 0.25) is 0 Å². The van der Waals surface area contributed by atoms with Gasteiger partial charge in [-0.25, -0.2) is 4.79 Å². The predicted octanol–water partition coefficient (Wildman–Crippen LogP) is 1.22. The molecule has 1 fully saturated rings. The minimum absolute atomic E-state index is 0.0306. The Balaban J connectivity index is 1.34. The van der Waals surface area contributed by atoms with E-state index in [9.17, 15) is 15.0 Å². The van der Waals surface area contributed by atoms with Gasteiger partial charge in [-0.05, 0) is 24.3 Å². The Morgan fingerprint density at radius 3 is 2.82 bits per heavy atom. The minimum atomic E-state index is -0.891. The smallest absolute Gasteiger partial charge is 0.351 e. The first kappa shape index (κ1) is 22.2. The zero-order valence-electron chi connectivity index (χ0n) is 18.1. The van der Waals surface area contributed by atoms with Crippen LogP contribution in [0, 0.1) is 0 Å². The maximum atomic E-state index is 12.4. The van der Waals surface area contributed by atoms with E-state index in [0.29, 0.717) is 28.5 Å². The number of hydrogen-bond acceptors (Lipinski definition) is 10. The molecule has 2 aliphatic rings. The van der Waals surface area contributed by atoms with Crippen LogP contribution in [0.25, 0.3) is 0 Å². The molecule has 3 heterocycles. The molecule has 0 radical (unpaired) electrons. The molecule has 3 aromatic rings. The number of aliphatic hydroxyl groups is 2. The maximum absolute atomic E-state index is 12.4. The number of benzene rings is 2. The van der Waals surface area contributed by atoms with Crippen molar-refractivity contribution in [2.75, 3.05) is 17.7 Å². The van der Waals surface area contributed by atoms with E-state index in [0.717, 1.165) is 5.69 Å². The summed E-state index contributed by atoms with van der Waals surface area (Å²) in [7, 11) is 0. The Bertz CT molecular complexity index is 1260. The van der Waals surface area contributed by atoms with E-state index in [-0.39, 0.29) is 25.3 Å². The summed E-state index contributed by atoms with van der Waals surface area (Å²) < 4.78 is 18.8. The zero-order valence-corrected chi connectivity index (χ0v) is 18.1. The first-order chi connectivity index (χ1) is 16.4. The van der Waals surface area contributed by atoms with Crippen molar-refractivity contribution in [2.24, 2.45) is 5.73 Å². The Labute approximate surface area is 194 Å². The maximum Gasteiger partial charge on any atom is 0.351 e. The van der Waals surface area contributed by atoms with Crippen LogP contribution in [-0.4, -0.2) is 44.8 Å². The Morgan fingerprint density at radius 2 is 2.03 bits per heavy atom. The van der Waals surface area contributed by atoms with Gasteiger partial charge in [0, 0.05) is 24.6 Å². The molecule has 34 heavy (non-hydrogen) atoms. The summed E-state index contributed by atoms with van der Waals surface area (Å²) in [5.74, 6) is 1.84. The number of anilines is 3. The van der Waals surface area contributed by atoms with Gasteiger partial charge >= 0.3 is 5.69 Å². The highest BCUT2D eigenvalue weighted by Gasteiger charge is 2.35. The normalized spacial score (nSPS) is 21.7. The van der Waals surface area contributed by atoms with Crippen molar-refractivity contribution in [1.29, 1.82) is 0 Å². The molecule has 0 bridgehead atoms. The average Bonchev–Trinajstić information content (AvgIpc) is 3.20. The number of nitrogen functional groups attached to an aromatic ring is 1. The Kier molecular flexibility index (Phi) is 5.84. The summed E-state index contributed by atoms with van der Waals surface area (Å²) in [5, 5.41) is 22.6. The fourth-order valence-corrected chi connectivity index (χ4v) is 4.09. The summed E-state index contributed by atoms with van der Waals surface area (Å²) in [6.45, 7) is -0.357. The number of ether oxygens (including phenoxy) is 3. The average molecular weight is 467 g/mol. The SMILES string of the molecule is Nc1nc(=O)n(C2CC(O)C(CO)O2)cc1CC(N)Oc1cccc2c1Nc1ccccc1O2. The first-order valence-corrected chi connectivity index (χ1v) is 10.8. The molecule has 0 amide bonds. The van der Waals surface area contributed by atoms with Crippen LogP contribution >= 0.6 is 0 Å². The van der Waals surface area contributed by atoms with Gasteiger partial charge in [-0.1, -0.05) is 18.2 Å². The molecule has 1 saturated heterocycles. The van der Waals surface area contributed by atoms with Crippen molar-refractivity contribution in [3.05, 3.63) is 64.7 Å². The van der Waals surface area contributed by atoms with Crippen LogP contribution in [0.15, 0.2) is 53.5 Å². The monoisotopic (exact) mass is 467 g/mol. The van der Waals surface area contributed by atoms with Gasteiger partial charge in [0.25, 0.3) is 0 Å². The van der Waals surface area contributed by atoms with Crippen molar-refractivity contribution in [3.63, 3.8) is 0 Å². The van der Waals surface area contributed by atoms with Crippen LogP contribution in [0.5, 0.6) is 17.2 Å². The van der Waals surface area contributed by atoms with Crippen molar-refractivity contribution >= 4 is 17.2 Å². The second kappa shape index (κ2) is 8.95. The lowest BCUT2D eigenvalue weighted by atomic mass is 10.1. The topological polar surface area (TPSA) is 167 Å². The van der Waals surface area contributed by atoms with Gasteiger partial charge in [-0.15, -0.1) is 0 Å². The second-order valence-corrected chi connectivity index (χ2v) is 8.17. The number of fused-ring (bicyclic) bond motifs is 2. The lowest BCUT2D eigenvalue weighted by molar-refractivity contribution is -0.0459. The molecule has 4 unspecified atom stereocenters. The lowest BCUT2D eigenvalue weighted by Crippen LogP contribution is -2.33. The van der Waals surface area contributed by atoms with Crippen LogP contribution in [0.4, 0.5) is 17.2 Å². The third-order valence-corrected chi connectivity index (χ3v) is 5.81. The van der Waals surface area contributed by atoms with Crippen LogP contribution in [0.1, 0.15) is 18.2 Å². The standard InChI is InChI=1S/C23H25N5O6/c24-19(33-17-7-3-6-16-21(17)26-13-4-1-2-5-15(13)32-16)8-12-10-28(23(31)27-22(12)25)20-9-14(30)18(11-29)34-20/h1-7,10,14,18-20,26,29-30H,8-9,11,24H2,(H2,25,27,31). The number of nitrogens with two attached hydrogens (primary N) is 2. The predicted molar refractivity (Wildman–Crippen MR) is 123 cm³/mol. The van der Waals surface area contributed by atoms with E-state index in [1.807, 2.05) is 30.3 Å².